The highest BCUT2D eigenvalue weighted by atomic mass is 16.2. The second-order valence-corrected chi connectivity index (χ2v) is 5.20. The van der Waals surface area contributed by atoms with Crippen LogP contribution in [0, 0.1) is 5.41 Å². The third-order valence-corrected chi connectivity index (χ3v) is 2.55. The number of nitrogens with two attached hydrogens (primary N) is 1. The molecule has 3 heteroatoms. The van der Waals surface area contributed by atoms with Gasteiger partial charge < -0.3 is 11.1 Å². The molecule has 3 nitrogen and oxygen atoms in total. The van der Waals surface area contributed by atoms with Gasteiger partial charge in [0.15, 0.2) is 0 Å². The third kappa shape index (κ3) is 6.50. The molecule has 0 heterocycles. The number of amides is 1. The number of unbranched alkanes of at least 4 members (excludes halogenated alkanes) is 3. The van der Waals surface area contributed by atoms with Gasteiger partial charge in [-0.15, -0.1) is 0 Å². The minimum atomic E-state index is -0.413. The Kier molecular flexibility index (Phi) is 6.57. The van der Waals surface area contributed by atoms with Crippen molar-refractivity contribution in [2.75, 3.05) is 6.54 Å². The lowest BCUT2D eigenvalue weighted by atomic mass is 9.87. The number of rotatable bonds is 6. The maximum atomic E-state index is 11.6. The van der Waals surface area contributed by atoms with Gasteiger partial charge in [-0.25, -0.2) is 0 Å². The van der Waals surface area contributed by atoms with Crippen LogP contribution in [0.3, 0.4) is 0 Å². The number of hydrogen-bond acceptors (Lipinski definition) is 2. The molecule has 1 atom stereocenters. The summed E-state index contributed by atoms with van der Waals surface area (Å²) in [4.78, 5) is 11.6. The Bertz CT molecular complexity index is 185. The van der Waals surface area contributed by atoms with E-state index in [-0.39, 0.29) is 11.3 Å². The molecule has 90 valence electrons. The normalized spacial score (nSPS) is 13.7. The third-order valence-electron chi connectivity index (χ3n) is 2.55. The fraction of sp³-hybridized carbons (Fsp3) is 0.917. The van der Waals surface area contributed by atoms with Crippen molar-refractivity contribution < 1.29 is 4.79 Å². The minimum absolute atomic E-state index is 0.0287. The Morgan fingerprint density at radius 2 is 1.87 bits per heavy atom. The molecule has 0 aliphatic rings. The van der Waals surface area contributed by atoms with Gasteiger partial charge >= 0.3 is 0 Å². The zero-order valence-corrected chi connectivity index (χ0v) is 10.6. The van der Waals surface area contributed by atoms with E-state index in [2.05, 4.69) is 12.2 Å². The van der Waals surface area contributed by atoms with Crippen LogP contribution in [0.5, 0.6) is 0 Å². The Balaban J connectivity index is 3.66. The van der Waals surface area contributed by atoms with E-state index in [1.165, 1.54) is 19.3 Å². The van der Waals surface area contributed by atoms with Crippen LogP contribution >= 0.6 is 0 Å². The fourth-order valence-corrected chi connectivity index (χ4v) is 1.27. The second-order valence-electron chi connectivity index (χ2n) is 5.20. The van der Waals surface area contributed by atoms with Crippen molar-refractivity contribution in [3.8, 4) is 0 Å². The van der Waals surface area contributed by atoms with Crippen LogP contribution in [0.4, 0.5) is 0 Å². The molecule has 0 aromatic carbocycles. The highest BCUT2D eigenvalue weighted by molar-refractivity contribution is 5.82. The van der Waals surface area contributed by atoms with Crippen molar-refractivity contribution >= 4 is 5.91 Å². The Morgan fingerprint density at radius 1 is 1.27 bits per heavy atom. The van der Waals surface area contributed by atoms with E-state index in [9.17, 15) is 4.79 Å². The predicted molar refractivity (Wildman–Crippen MR) is 64.6 cm³/mol. The summed E-state index contributed by atoms with van der Waals surface area (Å²) in [6.45, 7) is 8.87. The fourth-order valence-electron chi connectivity index (χ4n) is 1.27. The van der Waals surface area contributed by atoms with Gasteiger partial charge in [0.25, 0.3) is 0 Å². The maximum Gasteiger partial charge on any atom is 0.237 e. The molecule has 0 radical (unpaired) electrons. The van der Waals surface area contributed by atoms with Gasteiger partial charge in [-0.3, -0.25) is 4.79 Å². The zero-order valence-electron chi connectivity index (χ0n) is 10.6. The Hall–Kier alpha value is -0.570. The van der Waals surface area contributed by atoms with E-state index in [0.717, 1.165) is 13.0 Å². The molecule has 0 aromatic rings. The summed E-state index contributed by atoms with van der Waals surface area (Å²) in [7, 11) is 0. The average molecular weight is 214 g/mol. The minimum Gasteiger partial charge on any atom is -0.355 e. The molecule has 15 heavy (non-hydrogen) atoms. The standard InChI is InChI=1S/C12H26N2O/c1-5-6-7-8-9-14-11(15)10(13)12(2,3)4/h10H,5-9,13H2,1-4H3,(H,14,15). The van der Waals surface area contributed by atoms with Gasteiger partial charge in [-0.05, 0) is 11.8 Å². The molecule has 1 amide bonds. The molecule has 0 fully saturated rings. The molecule has 0 bridgehead atoms. The number of carbonyl (C=O) groups is 1. The SMILES string of the molecule is CCCCCCNC(=O)C(N)C(C)(C)C. The van der Waals surface area contributed by atoms with Crippen molar-refractivity contribution in [2.45, 2.75) is 59.4 Å². The quantitative estimate of drug-likeness (QED) is 0.665. The maximum absolute atomic E-state index is 11.6. The first kappa shape index (κ1) is 14.4. The van der Waals surface area contributed by atoms with Crippen LogP contribution < -0.4 is 11.1 Å². The molecule has 0 rings (SSSR count). The first-order valence-electron chi connectivity index (χ1n) is 5.93. The molecule has 0 aliphatic heterocycles. The van der Waals surface area contributed by atoms with Crippen molar-refractivity contribution in [1.29, 1.82) is 0 Å². The summed E-state index contributed by atoms with van der Waals surface area (Å²) in [5.41, 5.74) is 5.66. The molecule has 0 aromatic heterocycles. The van der Waals surface area contributed by atoms with Gasteiger partial charge in [0.1, 0.15) is 0 Å². The van der Waals surface area contributed by atoms with E-state index < -0.39 is 6.04 Å². The number of hydrogen-bond donors (Lipinski definition) is 2. The smallest absolute Gasteiger partial charge is 0.237 e. The summed E-state index contributed by atoms with van der Waals surface area (Å²) in [6, 6.07) is -0.413. The van der Waals surface area contributed by atoms with Crippen LogP contribution in [0.15, 0.2) is 0 Å². The summed E-state index contributed by atoms with van der Waals surface area (Å²) in [6.07, 6.45) is 4.69. The summed E-state index contributed by atoms with van der Waals surface area (Å²) < 4.78 is 0. The van der Waals surface area contributed by atoms with E-state index in [1.807, 2.05) is 20.8 Å². The van der Waals surface area contributed by atoms with Gasteiger partial charge in [-0.1, -0.05) is 47.0 Å². The average Bonchev–Trinajstić information content (AvgIpc) is 2.14. The first-order chi connectivity index (χ1) is 6.89. The van der Waals surface area contributed by atoms with Crippen molar-refractivity contribution in [3.05, 3.63) is 0 Å². The van der Waals surface area contributed by atoms with Gasteiger partial charge in [-0.2, -0.15) is 0 Å². The number of carbonyl (C=O) groups excluding carboxylic acids is 1. The topological polar surface area (TPSA) is 55.1 Å². The van der Waals surface area contributed by atoms with Gasteiger partial charge in [0.05, 0.1) is 6.04 Å². The molecule has 1 unspecified atom stereocenters. The predicted octanol–water partition coefficient (Wildman–Crippen LogP) is 2.06. The highest BCUT2D eigenvalue weighted by Crippen LogP contribution is 2.17. The lowest BCUT2D eigenvalue weighted by Gasteiger charge is -2.25. The number of nitrogens with one attached hydrogen (secondary N) is 1. The molecule has 3 N–H and O–H groups in total. The molecule has 0 spiro atoms. The van der Waals surface area contributed by atoms with E-state index in [4.69, 9.17) is 5.73 Å². The van der Waals surface area contributed by atoms with E-state index in [0.29, 0.717) is 0 Å². The second kappa shape index (κ2) is 6.83. The molecule has 0 saturated carbocycles. The van der Waals surface area contributed by atoms with Crippen molar-refractivity contribution in [2.24, 2.45) is 11.1 Å². The summed E-state index contributed by atoms with van der Waals surface area (Å²) >= 11 is 0. The summed E-state index contributed by atoms with van der Waals surface area (Å²) in [5.74, 6) is -0.0287. The lowest BCUT2D eigenvalue weighted by Crippen LogP contribution is -2.48. The van der Waals surface area contributed by atoms with Crippen LogP contribution in [-0.4, -0.2) is 18.5 Å². The van der Waals surface area contributed by atoms with Gasteiger partial charge in [0, 0.05) is 6.54 Å². The van der Waals surface area contributed by atoms with Crippen LogP contribution in [-0.2, 0) is 4.79 Å². The molecule has 0 aliphatic carbocycles. The van der Waals surface area contributed by atoms with E-state index in [1.54, 1.807) is 0 Å². The Morgan fingerprint density at radius 3 is 2.33 bits per heavy atom. The Labute approximate surface area is 93.8 Å². The lowest BCUT2D eigenvalue weighted by molar-refractivity contribution is -0.124. The molecular weight excluding hydrogens is 188 g/mol. The van der Waals surface area contributed by atoms with Crippen LogP contribution in [0.1, 0.15) is 53.4 Å². The van der Waals surface area contributed by atoms with Crippen LogP contribution in [0.2, 0.25) is 0 Å². The van der Waals surface area contributed by atoms with Crippen molar-refractivity contribution in [1.82, 2.24) is 5.32 Å². The highest BCUT2D eigenvalue weighted by Gasteiger charge is 2.26. The molecular formula is C12H26N2O. The van der Waals surface area contributed by atoms with Gasteiger partial charge in [0.2, 0.25) is 5.91 Å². The van der Waals surface area contributed by atoms with Crippen LogP contribution in [0.25, 0.3) is 0 Å². The largest absolute Gasteiger partial charge is 0.355 e. The van der Waals surface area contributed by atoms with E-state index >= 15 is 0 Å². The molecule has 0 saturated heterocycles. The first-order valence-corrected chi connectivity index (χ1v) is 5.93. The monoisotopic (exact) mass is 214 g/mol. The van der Waals surface area contributed by atoms with Crippen molar-refractivity contribution in [3.63, 3.8) is 0 Å². The summed E-state index contributed by atoms with van der Waals surface area (Å²) in [5, 5.41) is 2.88. The zero-order chi connectivity index (χ0) is 11.9.